The van der Waals surface area contributed by atoms with Crippen LogP contribution in [-0.2, 0) is 0 Å². The summed E-state index contributed by atoms with van der Waals surface area (Å²) in [4.78, 5) is 3.74. The van der Waals surface area contributed by atoms with Crippen molar-refractivity contribution in [3.63, 3.8) is 0 Å². The third-order valence-corrected chi connectivity index (χ3v) is 0.842. The van der Waals surface area contributed by atoms with Gasteiger partial charge in [0.25, 0.3) is 0 Å². The monoisotopic (exact) mass is 99.0 g/mol. The van der Waals surface area contributed by atoms with Crippen LogP contribution < -0.4 is 0 Å². The van der Waals surface area contributed by atoms with Gasteiger partial charge in [0.15, 0.2) is 0 Å². The molecule has 0 saturated heterocycles. The lowest BCUT2D eigenvalue weighted by molar-refractivity contribution is 1.56. The molecule has 0 amide bonds. The minimum atomic E-state index is 1.34. The van der Waals surface area contributed by atoms with Crippen molar-refractivity contribution >= 4 is 24.4 Å². The smallest absolute Gasteiger partial charge is 0.150 e. The van der Waals surface area contributed by atoms with E-state index in [4.69, 9.17) is 0 Å². The molecule has 0 atom stereocenters. The summed E-state index contributed by atoms with van der Waals surface area (Å²) in [7, 11) is 0. The van der Waals surface area contributed by atoms with Crippen molar-refractivity contribution in [2.24, 2.45) is 9.39 Å². The largest absolute Gasteiger partial charge is 0.272 e. The molecule has 1 rings (SSSR count). The second-order valence-corrected chi connectivity index (χ2v) is 1.40. The highest BCUT2D eigenvalue weighted by atomic mass is 32.2. The average molecular weight is 99.1 g/mol. The standard InChI is InChI=1S/C3H3N2S/c1-2-5-6-3-4-1/h1-3H. The first-order valence-corrected chi connectivity index (χ1v) is 2.36. The summed E-state index contributed by atoms with van der Waals surface area (Å²) in [5, 5.41) is 0. The summed E-state index contributed by atoms with van der Waals surface area (Å²) in [5.41, 5.74) is 0. The Hall–Kier alpha value is -0.310. The third kappa shape index (κ3) is 0.825. The fourth-order valence-corrected chi connectivity index (χ4v) is 0.494. The summed E-state index contributed by atoms with van der Waals surface area (Å²) in [6, 6.07) is 0. The molecular formula is C3H3N2S. The summed E-state index contributed by atoms with van der Waals surface area (Å²) in [6.07, 6.45) is 3.31. The van der Waals surface area contributed by atoms with Gasteiger partial charge in [0, 0.05) is 18.2 Å². The summed E-state index contributed by atoms with van der Waals surface area (Å²) in [5.74, 6) is 1.68. The van der Waals surface area contributed by atoms with E-state index in [1.165, 1.54) is 11.9 Å². The van der Waals surface area contributed by atoms with Gasteiger partial charge in [-0.1, -0.05) is 0 Å². The molecule has 1 radical (unpaired) electrons. The molecule has 0 spiro atoms. The van der Waals surface area contributed by atoms with Gasteiger partial charge < -0.3 is 0 Å². The molecule has 0 bridgehead atoms. The molecule has 0 aliphatic carbocycles. The van der Waals surface area contributed by atoms with Crippen LogP contribution in [0.25, 0.3) is 0 Å². The van der Waals surface area contributed by atoms with Crippen LogP contribution in [0.4, 0.5) is 0 Å². The predicted octanol–water partition coefficient (Wildman–Crippen LogP) is 0.909. The molecule has 3 heteroatoms. The number of aliphatic imine (C=N–C) groups is 1. The number of hydrogen-bond donors (Lipinski definition) is 0. The first-order valence-electron chi connectivity index (χ1n) is 1.53. The highest BCUT2D eigenvalue weighted by Gasteiger charge is 1.80. The van der Waals surface area contributed by atoms with Crippen molar-refractivity contribution in [2.75, 3.05) is 0 Å². The Morgan fingerprint density at radius 3 is 2.50 bits per heavy atom. The van der Waals surface area contributed by atoms with E-state index in [1.54, 1.807) is 18.3 Å². The van der Waals surface area contributed by atoms with Gasteiger partial charge in [0.2, 0.25) is 0 Å². The Balaban J connectivity index is 2.46. The summed E-state index contributed by atoms with van der Waals surface area (Å²) >= 11 is 1.34. The molecule has 0 aromatic heterocycles. The van der Waals surface area contributed by atoms with Crippen LogP contribution >= 0.6 is 11.9 Å². The van der Waals surface area contributed by atoms with E-state index in [9.17, 15) is 0 Å². The molecule has 0 unspecified atom stereocenters. The molecule has 1 aliphatic rings. The highest BCUT2D eigenvalue weighted by molar-refractivity contribution is 8.00. The molecule has 1 aliphatic heterocycles. The topological polar surface area (TPSA) is 24.7 Å². The third-order valence-electron chi connectivity index (χ3n) is 0.382. The normalized spacial score (nSPS) is 18.7. The highest BCUT2D eigenvalue weighted by Crippen LogP contribution is 2.07. The minimum Gasteiger partial charge on any atom is -0.272 e. The first kappa shape index (κ1) is 3.87. The lowest BCUT2D eigenvalue weighted by Gasteiger charge is -1.86. The van der Waals surface area contributed by atoms with Gasteiger partial charge in [-0.05, 0) is 0 Å². The molecule has 0 N–H and O–H groups in total. The summed E-state index contributed by atoms with van der Waals surface area (Å²) < 4.78 is 3.76. The quantitative estimate of drug-likeness (QED) is 0.414. The van der Waals surface area contributed by atoms with Crippen molar-refractivity contribution in [2.45, 2.75) is 0 Å². The van der Waals surface area contributed by atoms with Gasteiger partial charge in [-0.2, -0.15) is 0 Å². The fraction of sp³-hybridized carbons (Fsp3) is 0. The van der Waals surface area contributed by atoms with Crippen molar-refractivity contribution in [1.82, 2.24) is 0 Å². The number of nitrogens with zero attached hydrogens (tertiary/aromatic N) is 2. The lowest BCUT2D eigenvalue weighted by atomic mass is 10.8. The number of hydrogen-bond acceptors (Lipinski definition) is 3. The van der Waals surface area contributed by atoms with Gasteiger partial charge >= 0.3 is 0 Å². The molecule has 0 aromatic rings. The summed E-state index contributed by atoms with van der Waals surface area (Å²) in [6.45, 7) is 0. The van der Waals surface area contributed by atoms with Crippen LogP contribution in [-0.4, -0.2) is 12.4 Å². The Kier molecular flexibility index (Phi) is 1.27. The van der Waals surface area contributed by atoms with Crippen molar-refractivity contribution < 1.29 is 0 Å². The SMILES string of the molecule is [CH]1N=CC=NS1. The Morgan fingerprint density at radius 2 is 2.33 bits per heavy atom. The molecule has 0 aromatic carbocycles. The maximum atomic E-state index is 3.76. The van der Waals surface area contributed by atoms with Gasteiger partial charge in [0.05, 0.1) is 6.21 Å². The van der Waals surface area contributed by atoms with E-state index in [0.29, 0.717) is 0 Å². The van der Waals surface area contributed by atoms with Gasteiger partial charge in [-0.25, -0.2) is 4.40 Å². The van der Waals surface area contributed by atoms with Crippen molar-refractivity contribution in [3.8, 4) is 0 Å². The van der Waals surface area contributed by atoms with Gasteiger partial charge in [0.1, 0.15) is 5.88 Å². The van der Waals surface area contributed by atoms with E-state index in [-0.39, 0.29) is 0 Å². The van der Waals surface area contributed by atoms with Gasteiger partial charge in [-0.15, -0.1) is 0 Å². The molecule has 0 saturated carbocycles. The van der Waals surface area contributed by atoms with E-state index >= 15 is 0 Å². The van der Waals surface area contributed by atoms with Crippen LogP contribution in [0.5, 0.6) is 0 Å². The molecule has 31 valence electrons. The van der Waals surface area contributed by atoms with Crippen LogP contribution in [0.3, 0.4) is 0 Å². The van der Waals surface area contributed by atoms with Crippen LogP contribution in [0.15, 0.2) is 9.39 Å². The molecular weight excluding hydrogens is 96.1 g/mol. The Bertz CT molecular complexity index is 74.8. The Labute approximate surface area is 40.5 Å². The van der Waals surface area contributed by atoms with E-state index in [1.807, 2.05) is 0 Å². The van der Waals surface area contributed by atoms with Crippen LogP contribution in [0.2, 0.25) is 0 Å². The maximum Gasteiger partial charge on any atom is 0.150 e. The predicted molar refractivity (Wildman–Crippen MR) is 28.9 cm³/mol. The lowest BCUT2D eigenvalue weighted by Crippen LogP contribution is -1.76. The molecule has 1 heterocycles. The molecule has 6 heavy (non-hydrogen) atoms. The van der Waals surface area contributed by atoms with Crippen LogP contribution in [0.1, 0.15) is 0 Å². The van der Waals surface area contributed by atoms with Gasteiger partial charge in [-0.3, -0.25) is 4.99 Å². The van der Waals surface area contributed by atoms with E-state index < -0.39 is 0 Å². The van der Waals surface area contributed by atoms with E-state index in [0.717, 1.165) is 0 Å². The molecule has 2 nitrogen and oxygen atoms in total. The molecule has 0 fully saturated rings. The zero-order valence-electron chi connectivity index (χ0n) is 3.03. The average Bonchev–Trinajstić information content (AvgIpc) is 1.72. The van der Waals surface area contributed by atoms with E-state index in [2.05, 4.69) is 9.39 Å². The zero-order chi connectivity index (χ0) is 4.24. The first-order chi connectivity index (χ1) is 3.00. The fourth-order valence-electron chi connectivity index (χ4n) is 0.190. The maximum absolute atomic E-state index is 3.76. The second kappa shape index (κ2) is 1.97. The zero-order valence-corrected chi connectivity index (χ0v) is 3.85. The van der Waals surface area contributed by atoms with Crippen molar-refractivity contribution in [1.29, 1.82) is 0 Å². The van der Waals surface area contributed by atoms with Crippen LogP contribution in [0, 0.1) is 5.88 Å². The minimum absolute atomic E-state index is 1.34. The number of rotatable bonds is 0. The Morgan fingerprint density at radius 1 is 1.33 bits per heavy atom. The second-order valence-electron chi connectivity index (χ2n) is 0.763. The van der Waals surface area contributed by atoms with Crippen molar-refractivity contribution in [3.05, 3.63) is 5.88 Å².